The van der Waals surface area contributed by atoms with E-state index >= 15 is 0 Å². The topological polar surface area (TPSA) is 102 Å². The van der Waals surface area contributed by atoms with Crippen LogP contribution in [0.2, 0.25) is 5.15 Å². The Hall–Kier alpha value is -4.62. The van der Waals surface area contributed by atoms with Crippen LogP contribution in [0.3, 0.4) is 0 Å². The summed E-state index contributed by atoms with van der Waals surface area (Å²) in [5, 5.41) is 16.1. The molecule has 1 aromatic heterocycles. The fourth-order valence-electron chi connectivity index (χ4n) is 3.53. The van der Waals surface area contributed by atoms with Gasteiger partial charge in [0.05, 0.1) is 7.11 Å². The summed E-state index contributed by atoms with van der Waals surface area (Å²) >= 11 is 6.23. The SMILES string of the molecule is COc1cccc(NC(=O)c2ccc3c(Cl)nnc(NCc4ccccc4)c3c2)c1.Nc1ccccc1. The third-order valence-corrected chi connectivity index (χ3v) is 5.71. The van der Waals surface area contributed by atoms with E-state index in [1.165, 1.54) is 0 Å². The zero-order valence-electron chi connectivity index (χ0n) is 20.2. The molecule has 7 nitrogen and oxygen atoms in total. The number of benzene rings is 4. The van der Waals surface area contributed by atoms with E-state index in [-0.39, 0.29) is 11.1 Å². The van der Waals surface area contributed by atoms with Gasteiger partial charge in [-0.25, -0.2) is 0 Å². The Bertz CT molecular complexity index is 1480. The van der Waals surface area contributed by atoms with E-state index in [4.69, 9.17) is 22.1 Å². The Balaban J connectivity index is 0.000000396. The molecule has 0 radical (unpaired) electrons. The number of para-hydroxylation sites is 1. The van der Waals surface area contributed by atoms with E-state index in [1.54, 1.807) is 37.4 Å². The second kappa shape index (κ2) is 12.4. The van der Waals surface area contributed by atoms with Gasteiger partial charge in [0.2, 0.25) is 0 Å². The molecule has 0 fully saturated rings. The highest BCUT2D eigenvalue weighted by molar-refractivity contribution is 6.34. The van der Waals surface area contributed by atoms with Gasteiger partial charge in [-0.15, -0.1) is 10.2 Å². The highest BCUT2D eigenvalue weighted by atomic mass is 35.5. The highest BCUT2D eigenvalue weighted by Gasteiger charge is 2.13. The molecule has 37 heavy (non-hydrogen) atoms. The maximum absolute atomic E-state index is 12.8. The third kappa shape index (κ3) is 6.96. The number of fused-ring (bicyclic) bond motifs is 1. The first kappa shape index (κ1) is 25.5. The van der Waals surface area contributed by atoms with E-state index in [9.17, 15) is 4.79 Å². The number of aromatic nitrogens is 2. The zero-order valence-corrected chi connectivity index (χ0v) is 20.9. The van der Waals surface area contributed by atoms with E-state index in [0.717, 1.165) is 22.0 Å². The Kier molecular flexibility index (Phi) is 8.52. The van der Waals surface area contributed by atoms with Crippen LogP contribution in [-0.4, -0.2) is 23.2 Å². The summed E-state index contributed by atoms with van der Waals surface area (Å²) in [6, 6.07) is 31.9. The first-order valence-corrected chi connectivity index (χ1v) is 11.9. The van der Waals surface area contributed by atoms with Gasteiger partial charge >= 0.3 is 0 Å². The summed E-state index contributed by atoms with van der Waals surface area (Å²) < 4.78 is 5.20. The van der Waals surface area contributed by atoms with Crippen LogP contribution in [0.15, 0.2) is 103 Å². The molecule has 4 aromatic carbocycles. The maximum atomic E-state index is 12.8. The number of nitrogens with zero attached hydrogens (tertiary/aromatic N) is 2. The number of carbonyl (C=O) groups excluding carboxylic acids is 1. The molecule has 1 amide bonds. The van der Waals surface area contributed by atoms with Crippen LogP contribution in [0.4, 0.5) is 17.2 Å². The second-order valence-electron chi connectivity index (χ2n) is 8.04. The Morgan fingerprint density at radius 3 is 2.27 bits per heavy atom. The van der Waals surface area contributed by atoms with Gasteiger partial charge in [0.25, 0.3) is 5.91 Å². The summed E-state index contributed by atoms with van der Waals surface area (Å²) in [7, 11) is 1.58. The second-order valence-corrected chi connectivity index (χ2v) is 8.39. The van der Waals surface area contributed by atoms with Gasteiger partial charge in [0, 0.05) is 40.3 Å². The lowest BCUT2D eigenvalue weighted by Crippen LogP contribution is -2.12. The smallest absolute Gasteiger partial charge is 0.255 e. The predicted molar refractivity (Wildman–Crippen MR) is 150 cm³/mol. The first-order valence-electron chi connectivity index (χ1n) is 11.5. The zero-order chi connectivity index (χ0) is 26.0. The highest BCUT2D eigenvalue weighted by Crippen LogP contribution is 2.28. The summed E-state index contributed by atoms with van der Waals surface area (Å²) in [6.07, 6.45) is 0. The molecule has 0 saturated carbocycles. The molecule has 4 N–H and O–H groups in total. The summed E-state index contributed by atoms with van der Waals surface area (Å²) in [6.45, 7) is 0.576. The number of nitrogens with one attached hydrogen (secondary N) is 2. The van der Waals surface area contributed by atoms with Crippen molar-refractivity contribution in [3.05, 3.63) is 119 Å². The van der Waals surface area contributed by atoms with Gasteiger partial charge in [0.1, 0.15) is 5.75 Å². The minimum atomic E-state index is -0.243. The molecule has 0 bridgehead atoms. The van der Waals surface area contributed by atoms with Gasteiger partial charge in [-0.3, -0.25) is 4.79 Å². The lowest BCUT2D eigenvalue weighted by Gasteiger charge is -2.11. The van der Waals surface area contributed by atoms with Crippen molar-refractivity contribution in [2.24, 2.45) is 0 Å². The van der Waals surface area contributed by atoms with Crippen molar-refractivity contribution in [1.29, 1.82) is 0 Å². The minimum Gasteiger partial charge on any atom is -0.497 e. The molecule has 0 aliphatic carbocycles. The number of ether oxygens (including phenoxy) is 1. The van der Waals surface area contributed by atoms with Crippen LogP contribution in [0.25, 0.3) is 10.8 Å². The fourth-order valence-corrected chi connectivity index (χ4v) is 3.73. The van der Waals surface area contributed by atoms with Crippen LogP contribution in [0.5, 0.6) is 5.75 Å². The normalized spacial score (nSPS) is 10.2. The van der Waals surface area contributed by atoms with Gasteiger partial charge in [0.15, 0.2) is 11.0 Å². The van der Waals surface area contributed by atoms with E-state index in [0.29, 0.717) is 29.4 Å². The van der Waals surface area contributed by atoms with Crippen molar-refractivity contribution >= 4 is 45.5 Å². The molecule has 0 atom stereocenters. The van der Waals surface area contributed by atoms with Crippen molar-refractivity contribution in [2.45, 2.75) is 6.54 Å². The van der Waals surface area contributed by atoms with E-state index in [1.807, 2.05) is 72.8 Å². The molecule has 0 aliphatic rings. The van der Waals surface area contributed by atoms with Crippen LogP contribution in [-0.2, 0) is 6.54 Å². The number of carbonyl (C=O) groups is 1. The fraction of sp³-hybridized carbons (Fsp3) is 0.0690. The van der Waals surface area contributed by atoms with Gasteiger partial charge < -0.3 is 21.1 Å². The summed E-state index contributed by atoms with van der Waals surface area (Å²) in [5.41, 5.74) is 8.41. The minimum absolute atomic E-state index is 0.243. The number of methoxy groups -OCH3 is 1. The van der Waals surface area contributed by atoms with Crippen molar-refractivity contribution in [2.75, 3.05) is 23.5 Å². The maximum Gasteiger partial charge on any atom is 0.255 e. The van der Waals surface area contributed by atoms with Crippen molar-refractivity contribution < 1.29 is 9.53 Å². The molecule has 1 heterocycles. The monoisotopic (exact) mass is 511 g/mol. The van der Waals surface area contributed by atoms with Crippen molar-refractivity contribution in [3.63, 3.8) is 0 Å². The number of rotatable bonds is 6. The number of hydrogen-bond donors (Lipinski definition) is 3. The molecule has 0 aliphatic heterocycles. The molecule has 5 rings (SSSR count). The average Bonchev–Trinajstić information content (AvgIpc) is 2.94. The third-order valence-electron chi connectivity index (χ3n) is 5.43. The molecule has 0 saturated heterocycles. The van der Waals surface area contributed by atoms with Gasteiger partial charge in [-0.05, 0) is 42.0 Å². The standard InChI is InChI=1S/C23H19ClN4O2.C6H7N/c1-30-18-9-5-8-17(13-18)26-23(29)16-10-11-19-20(12-16)22(28-27-21(19)24)25-14-15-6-3-2-4-7-15;7-6-4-2-1-3-5-6/h2-13H,14H2,1H3,(H,25,28)(H,26,29);1-5H,7H2. The largest absolute Gasteiger partial charge is 0.497 e. The molecule has 0 spiro atoms. The molecule has 186 valence electrons. The van der Waals surface area contributed by atoms with Gasteiger partial charge in [-0.2, -0.15) is 0 Å². The summed E-state index contributed by atoms with van der Waals surface area (Å²) in [5.74, 6) is 0.988. The molecule has 8 heteroatoms. The predicted octanol–water partition coefficient (Wildman–Crippen LogP) is 6.43. The number of nitrogens with two attached hydrogens (primary N) is 1. The lowest BCUT2D eigenvalue weighted by atomic mass is 10.1. The molecular weight excluding hydrogens is 486 g/mol. The van der Waals surface area contributed by atoms with Crippen LogP contribution in [0, 0.1) is 0 Å². The Morgan fingerprint density at radius 1 is 0.865 bits per heavy atom. The number of hydrogen-bond acceptors (Lipinski definition) is 6. The van der Waals surface area contributed by atoms with Crippen LogP contribution >= 0.6 is 11.6 Å². The van der Waals surface area contributed by atoms with Crippen molar-refractivity contribution in [3.8, 4) is 5.75 Å². The number of anilines is 3. The Morgan fingerprint density at radius 2 is 1.59 bits per heavy atom. The van der Waals surface area contributed by atoms with Crippen LogP contribution in [0.1, 0.15) is 15.9 Å². The summed E-state index contributed by atoms with van der Waals surface area (Å²) in [4.78, 5) is 12.8. The van der Waals surface area contributed by atoms with E-state index < -0.39 is 0 Å². The quantitative estimate of drug-likeness (QED) is 0.227. The molecular formula is C29H26ClN5O2. The molecule has 5 aromatic rings. The number of amides is 1. The van der Waals surface area contributed by atoms with E-state index in [2.05, 4.69) is 20.8 Å². The van der Waals surface area contributed by atoms with Crippen molar-refractivity contribution in [1.82, 2.24) is 10.2 Å². The number of nitrogen functional groups attached to an aromatic ring is 1. The first-order chi connectivity index (χ1) is 18.0. The Labute approximate surface area is 220 Å². The average molecular weight is 512 g/mol. The number of halogens is 1. The molecule has 0 unspecified atom stereocenters. The van der Waals surface area contributed by atoms with Gasteiger partial charge in [-0.1, -0.05) is 72.3 Å². The lowest BCUT2D eigenvalue weighted by molar-refractivity contribution is 0.102. The van der Waals surface area contributed by atoms with Crippen LogP contribution < -0.4 is 21.1 Å².